The summed E-state index contributed by atoms with van der Waals surface area (Å²) in [5, 5.41) is 0. The second kappa shape index (κ2) is 9.60. The summed E-state index contributed by atoms with van der Waals surface area (Å²) in [4.78, 5) is 35.0. The van der Waals surface area contributed by atoms with Crippen LogP contribution in [0.25, 0.3) is 11.1 Å². The van der Waals surface area contributed by atoms with Crippen LogP contribution in [0.4, 0.5) is 5.95 Å². The van der Waals surface area contributed by atoms with Crippen molar-refractivity contribution in [1.29, 1.82) is 0 Å². The lowest BCUT2D eigenvalue weighted by atomic mass is 9.89. The first-order valence-electron chi connectivity index (χ1n) is 10.9. The van der Waals surface area contributed by atoms with Gasteiger partial charge in [0.05, 0.1) is 5.69 Å². The van der Waals surface area contributed by atoms with Crippen molar-refractivity contribution in [1.82, 2.24) is 14.9 Å². The summed E-state index contributed by atoms with van der Waals surface area (Å²) < 4.78 is 0. The highest BCUT2D eigenvalue weighted by atomic mass is 16.2. The minimum atomic E-state index is -0.470. The number of nitrogens with zero attached hydrogens (tertiary/aromatic N) is 3. The summed E-state index contributed by atoms with van der Waals surface area (Å²) >= 11 is 0. The molecular formula is C25H27N5O2. The van der Waals surface area contributed by atoms with Crippen LogP contribution in [0.2, 0.25) is 0 Å². The number of aryl methyl sites for hydroxylation is 1. The number of primary amides is 1. The Morgan fingerprint density at radius 1 is 1.06 bits per heavy atom. The number of anilines is 1. The molecule has 0 radical (unpaired) electrons. The van der Waals surface area contributed by atoms with Gasteiger partial charge in [-0.1, -0.05) is 42.5 Å². The first-order valence-corrected chi connectivity index (χ1v) is 10.9. The molecule has 4 rings (SSSR count). The van der Waals surface area contributed by atoms with Crippen LogP contribution in [0, 0.1) is 0 Å². The van der Waals surface area contributed by atoms with Crippen molar-refractivity contribution in [3.05, 3.63) is 77.6 Å². The zero-order valence-corrected chi connectivity index (χ0v) is 17.9. The first-order chi connectivity index (χ1) is 15.5. The van der Waals surface area contributed by atoms with E-state index in [2.05, 4.69) is 9.97 Å². The van der Waals surface area contributed by atoms with Gasteiger partial charge in [-0.05, 0) is 42.5 Å². The molecule has 1 aliphatic heterocycles. The topological polar surface area (TPSA) is 115 Å². The Bertz CT molecular complexity index is 1100. The first kappa shape index (κ1) is 21.5. The monoisotopic (exact) mass is 429 g/mol. The zero-order chi connectivity index (χ0) is 22.5. The molecule has 0 aliphatic carbocycles. The number of hydrogen-bond acceptors (Lipinski definition) is 5. The second-order valence-electron chi connectivity index (χ2n) is 8.13. The van der Waals surface area contributed by atoms with Crippen molar-refractivity contribution < 1.29 is 9.59 Å². The molecule has 1 saturated heterocycles. The highest BCUT2D eigenvalue weighted by Crippen LogP contribution is 2.33. The lowest BCUT2D eigenvalue weighted by Crippen LogP contribution is -2.39. The van der Waals surface area contributed by atoms with Gasteiger partial charge in [-0.3, -0.25) is 9.59 Å². The van der Waals surface area contributed by atoms with Crippen molar-refractivity contribution in [3.8, 4) is 11.1 Å². The molecule has 2 heterocycles. The lowest BCUT2D eigenvalue weighted by molar-refractivity contribution is -0.132. The third kappa shape index (κ3) is 4.94. The average Bonchev–Trinajstić information content (AvgIpc) is 2.83. The third-order valence-electron chi connectivity index (χ3n) is 5.95. The van der Waals surface area contributed by atoms with Crippen LogP contribution in [-0.2, 0) is 11.2 Å². The summed E-state index contributed by atoms with van der Waals surface area (Å²) in [6.45, 7) is 1.36. The van der Waals surface area contributed by atoms with E-state index >= 15 is 0 Å². The van der Waals surface area contributed by atoms with Gasteiger partial charge in [-0.2, -0.15) is 0 Å². The van der Waals surface area contributed by atoms with Gasteiger partial charge in [0.25, 0.3) is 0 Å². The van der Waals surface area contributed by atoms with E-state index in [4.69, 9.17) is 11.5 Å². The van der Waals surface area contributed by atoms with E-state index in [0.29, 0.717) is 18.5 Å². The van der Waals surface area contributed by atoms with E-state index in [0.717, 1.165) is 42.6 Å². The quantitative estimate of drug-likeness (QED) is 0.624. The highest BCUT2D eigenvalue weighted by Gasteiger charge is 2.28. The van der Waals surface area contributed by atoms with Gasteiger partial charge < -0.3 is 16.4 Å². The largest absolute Gasteiger partial charge is 0.368 e. The molecule has 0 unspecified atom stereocenters. The molecule has 1 aromatic heterocycles. The van der Waals surface area contributed by atoms with Crippen LogP contribution in [0.1, 0.15) is 46.8 Å². The molecule has 164 valence electrons. The summed E-state index contributed by atoms with van der Waals surface area (Å²) in [5.41, 5.74) is 15.5. The fourth-order valence-electron chi connectivity index (χ4n) is 4.24. The second-order valence-corrected chi connectivity index (χ2v) is 8.13. The van der Waals surface area contributed by atoms with Gasteiger partial charge in [-0.25, -0.2) is 9.97 Å². The molecule has 7 heteroatoms. The Hall–Kier alpha value is -3.74. The molecule has 0 bridgehead atoms. The molecule has 4 N–H and O–H groups in total. The van der Waals surface area contributed by atoms with E-state index in [9.17, 15) is 9.59 Å². The van der Waals surface area contributed by atoms with Crippen molar-refractivity contribution in [3.63, 3.8) is 0 Å². The molecular weight excluding hydrogens is 402 g/mol. The van der Waals surface area contributed by atoms with Crippen LogP contribution in [0.5, 0.6) is 0 Å². The Kier molecular flexibility index (Phi) is 6.44. The summed E-state index contributed by atoms with van der Waals surface area (Å²) in [6.07, 6.45) is 4.77. The number of hydrogen-bond donors (Lipinski definition) is 2. The Labute approximate surface area is 187 Å². The minimum absolute atomic E-state index is 0.0699. The van der Waals surface area contributed by atoms with Crippen molar-refractivity contribution in [2.75, 3.05) is 18.8 Å². The van der Waals surface area contributed by atoms with Crippen LogP contribution in [0.3, 0.4) is 0 Å². The van der Waals surface area contributed by atoms with Crippen LogP contribution in [0.15, 0.2) is 60.8 Å². The van der Waals surface area contributed by atoms with Gasteiger partial charge in [-0.15, -0.1) is 0 Å². The molecule has 1 fully saturated rings. The normalized spacial score (nSPS) is 16.0. The Balaban J connectivity index is 1.52. The van der Waals surface area contributed by atoms with E-state index in [1.165, 1.54) is 5.56 Å². The van der Waals surface area contributed by atoms with Crippen LogP contribution in [-0.4, -0.2) is 39.8 Å². The number of piperidine rings is 1. The molecule has 2 aromatic carbocycles. The standard InChI is InChI=1S/C25H27N5O2/c26-24(32)19-11-9-18(10-12-19)21-15-28-25(27)29-23(21)20-7-4-14-30(16-20)22(31)13-8-17-5-2-1-3-6-17/h1-3,5-6,9-12,15,20H,4,7-8,13-14,16H2,(H2,26,32)(H2,27,28,29)/t20-/m0/s1. The molecule has 7 nitrogen and oxygen atoms in total. The summed E-state index contributed by atoms with van der Waals surface area (Å²) in [5.74, 6) is -0.0271. The summed E-state index contributed by atoms with van der Waals surface area (Å²) in [6, 6.07) is 17.1. The maximum Gasteiger partial charge on any atom is 0.248 e. The van der Waals surface area contributed by atoms with E-state index in [1.807, 2.05) is 47.4 Å². The maximum atomic E-state index is 12.9. The predicted octanol–water partition coefficient (Wildman–Crippen LogP) is 3.16. The number of nitrogen functional groups attached to an aromatic ring is 1. The number of carbonyl (C=O) groups is 2. The molecule has 1 aliphatic rings. The fraction of sp³-hybridized carbons (Fsp3) is 0.280. The number of amides is 2. The highest BCUT2D eigenvalue weighted by molar-refractivity contribution is 5.93. The van der Waals surface area contributed by atoms with E-state index in [1.54, 1.807) is 18.3 Å². The van der Waals surface area contributed by atoms with Gasteiger partial charge in [0.2, 0.25) is 17.8 Å². The smallest absolute Gasteiger partial charge is 0.248 e. The van der Waals surface area contributed by atoms with Gasteiger partial charge in [0.15, 0.2) is 0 Å². The zero-order valence-electron chi connectivity index (χ0n) is 17.9. The van der Waals surface area contributed by atoms with Gasteiger partial charge in [0, 0.05) is 42.8 Å². The molecule has 32 heavy (non-hydrogen) atoms. The number of carbonyl (C=O) groups excluding carboxylic acids is 2. The Morgan fingerprint density at radius 2 is 1.81 bits per heavy atom. The maximum absolute atomic E-state index is 12.9. The van der Waals surface area contributed by atoms with Crippen LogP contribution < -0.4 is 11.5 Å². The van der Waals surface area contributed by atoms with Crippen molar-refractivity contribution in [2.24, 2.45) is 5.73 Å². The lowest BCUT2D eigenvalue weighted by Gasteiger charge is -2.33. The SMILES string of the molecule is NC(=O)c1ccc(-c2cnc(N)nc2[C@H]2CCCN(C(=O)CCc3ccccc3)C2)cc1. The molecule has 0 spiro atoms. The molecule has 2 amide bonds. The van der Waals surface area contributed by atoms with E-state index < -0.39 is 5.91 Å². The minimum Gasteiger partial charge on any atom is -0.368 e. The van der Waals surface area contributed by atoms with Gasteiger partial charge in [0.1, 0.15) is 0 Å². The van der Waals surface area contributed by atoms with E-state index in [-0.39, 0.29) is 17.8 Å². The number of likely N-dealkylation sites (tertiary alicyclic amines) is 1. The Morgan fingerprint density at radius 3 is 2.53 bits per heavy atom. The number of benzene rings is 2. The molecule has 0 saturated carbocycles. The number of nitrogens with two attached hydrogens (primary N) is 2. The summed E-state index contributed by atoms with van der Waals surface area (Å²) in [7, 11) is 0. The number of aromatic nitrogens is 2. The molecule has 3 aromatic rings. The molecule has 1 atom stereocenters. The predicted molar refractivity (Wildman–Crippen MR) is 124 cm³/mol. The fourth-order valence-corrected chi connectivity index (χ4v) is 4.24. The van der Waals surface area contributed by atoms with Crippen LogP contribution >= 0.6 is 0 Å². The third-order valence-corrected chi connectivity index (χ3v) is 5.95. The van der Waals surface area contributed by atoms with Gasteiger partial charge >= 0.3 is 0 Å². The van der Waals surface area contributed by atoms with Crippen molar-refractivity contribution >= 4 is 17.8 Å². The number of rotatable bonds is 6. The average molecular weight is 430 g/mol. The van der Waals surface area contributed by atoms with Crippen molar-refractivity contribution in [2.45, 2.75) is 31.6 Å².